The molecular weight excluding hydrogens is 188 g/mol. The van der Waals surface area contributed by atoms with Gasteiger partial charge in [0.15, 0.2) is 5.78 Å². The highest BCUT2D eigenvalue weighted by Gasteiger charge is 2.13. The third-order valence-electron chi connectivity index (χ3n) is 2.51. The Hall–Kier alpha value is -1.64. The van der Waals surface area contributed by atoms with Crippen LogP contribution in [0.4, 0.5) is 5.69 Å². The first-order valence-corrected chi connectivity index (χ1v) is 5.23. The predicted octanol–water partition coefficient (Wildman–Crippen LogP) is 0.574. The van der Waals surface area contributed by atoms with Gasteiger partial charge in [0.05, 0.1) is 13.0 Å². The maximum absolute atomic E-state index is 11.2. The lowest BCUT2D eigenvalue weighted by Gasteiger charge is -2.00. The summed E-state index contributed by atoms with van der Waals surface area (Å²) in [5.74, 6) is 1.25. The van der Waals surface area contributed by atoms with Gasteiger partial charge >= 0.3 is 0 Å². The average molecular weight is 203 g/mol. The Balaban J connectivity index is 2.14. The van der Waals surface area contributed by atoms with Gasteiger partial charge in [-0.25, -0.2) is 5.32 Å². The highest BCUT2D eigenvalue weighted by molar-refractivity contribution is 5.97. The maximum Gasteiger partial charge on any atom is 0.247 e. The van der Waals surface area contributed by atoms with Gasteiger partial charge in [0, 0.05) is 5.56 Å². The molecule has 0 aliphatic carbocycles. The number of ketones is 1. The number of carbonyl (C=O) groups excluding carboxylic acids is 1. The van der Waals surface area contributed by atoms with Crippen LogP contribution in [0.5, 0.6) is 0 Å². The second kappa shape index (κ2) is 4.26. The number of carbonyl (C=O) groups is 1. The van der Waals surface area contributed by atoms with Crippen LogP contribution in [0.15, 0.2) is 24.3 Å². The van der Waals surface area contributed by atoms with Gasteiger partial charge in [-0.2, -0.15) is 0 Å². The Morgan fingerprint density at radius 1 is 1.47 bits per heavy atom. The second-order valence-corrected chi connectivity index (χ2v) is 3.77. The van der Waals surface area contributed by atoms with E-state index in [-0.39, 0.29) is 5.78 Å². The molecule has 0 saturated carbocycles. The second-order valence-electron chi connectivity index (χ2n) is 3.77. The number of benzene rings is 1. The summed E-state index contributed by atoms with van der Waals surface area (Å²) in [7, 11) is 0. The van der Waals surface area contributed by atoms with E-state index in [1.54, 1.807) is 6.92 Å². The van der Waals surface area contributed by atoms with Crippen LogP contribution in [0, 0.1) is 0 Å². The molecule has 0 unspecified atom stereocenters. The van der Waals surface area contributed by atoms with E-state index >= 15 is 0 Å². The van der Waals surface area contributed by atoms with E-state index in [1.165, 1.54) is 6.42 Å². The molecule has 0 atom stereocenters. The minimum atomic E-state index is 0.100. The molecule has 1 aliphatic rings. The zero-order valence-corrected chi connectivity index (χ0v) is 8.84. The Labute approximate surface area is 89.2 Å². The predicted molar refractivity (Wildman–Crippen MR) is 60.1 cm³/mol. The molecular formula is C12H15N2O+. The highest BCUT2D eigenvalue weighted by atomic mass is 16.1. The topological polar surface area (TPSA) is 43.1 Å². The van der Waals surface area contributed by atoms with Crippen LogP contribution in [-0.4, -0.2) is 18.2 Å². The molecule has 2 N–H and O–H groups in total. The summed E-state index contributed by atoms with van der Waals surface area (Å²) in [6.45, 7) is 2.62. The average Bonchev–Trinajstić information content (AvgIpc) is 2.71. The first-order valence-electron chi connectivity index (χ1n) is 5.23. The molecule has 1 heterocycles. The number of rotatable bonds is 2. The van der Waals surface area contributed by atoms with Crippen LogP contribution in [0.25, 0.3) is 0 Å². The van der Waals surface area contributed by atoms with Crippen molar-refractivity contribution in [3.8, 4) is 0 Å². The van der Waals surface area contributed by atoms with Gasteiger partial charge in [0.2, 0.25) is 5.84 Å². The molecule has 3 nitrogen and oxygen atoms in total. The van der Waals surface area contributed by atoms with Gasteiger partial charge in [-0.3, -0.25) is 9.79 Å². The van der Waals surface area contributed by atoms with Crippen molar-refractivity contribution in [3.05, 3.63) is 29.8 Å². The van der Waals surface area contributed by atoms with Gasteiger partial charge in [0.25, 0.3) is 0 Å². The lowest BCUT2D eigenvalue weighted by molar-refractivity contribution is -0.447. The summed E-state index contributed by atoms with van der Waals surface area (Å²) in [4.78, 5) is 14.5. The largest absolute Gasteiger partial charge is 0.295 e. The number of nitrogens with one attached hydrogen (secondary N) is 2. The fourth-order valence-corrected chi connectivity index (χ4v) is 1.69. The van der Waals surface area contributed by atoms with Crippen LogP contribution in [0.3, 0.4) is 0 Å². The number of hydrogen-bond acceptors (Lipinski definition) is 2. The SMILES string of the molecule is CC(=O)c1cccc(NC2=[NH+]CCC2)c1. The summed E-state index contributed by atoms with van der Waals surface area (Å²) in [5.41, 5.74) is 1.73. The lowest BCUT2D eigenvalue weighted by atomic mass is 10.1. The van der Waals surface area contributed by atoms with Crippen LogP contribution in [-0.2, 0) is 0 Å². The van der Waals surface area contributed by atoms with Crippen molar-refractivity contribution in [2.24, 2.45) is 0 Å². The molecule has 1 aliphatic heterocycles. The molecule has 2 rings (SSSR count). The molecule has 1 aromatic carbocycles. The van der Waals surface area contributed by atoms with Crippen molar-refractivity contribution >= 4 is 17.3 Å². The van der Waals surface area contributed by atoms with Gasteiger partial charge in [-0.05, 0) is 25.5 Å². The molecule has 0 bridgehead atoms. The summed E-state index contributed by atoms with van der Waals surface area (Å²) >= 11 is 0. The van der Waals surface area contributed by atoms with Gasteiger partial charge in [-0.1, -0.05) is 12.1 Å². The molecule has 15 heavy (non-hydrogen) atoms. The van der Waals surface area contributed by atoms with Crippen molar-refractivity contribution in [3.63, 3.8) is 0 Å². The van der Waals surface area contributed by atoms with Crippen LogP contribution < -0.4 is 10.3 Å². The van der Waals surface area contributed by atoms with Crippen molar-refractivity contribution < 1.29 is 9.79 Å². The summed E-state index contributed by atoms with van der Waals surface area (Å²) in [5, 5.41) is 3.29. The Kier molecular flexibility index (Phi) is 2.81. The third-order valence-corrected chi connectivity index (χ3v) is 2.51. The van der Waals surface area contributed by atoms with E-state index in [4.69, 9.17) is 0 Å². The Morgan fingerprint density at radius 2 is 2.33 bits per heavy atom. The molecule has 0 fully saturated rings. The van der Waals surface area contributed by atoms with E-state index in [0.717, 1.165) is 30.1 Å². The van der Waals surface area contributed by atoms with Crippen LogP contribution in [0.1, 0.15) is 30.1 Å². The first kappa shape index (κ1) is 9.90. The van der Waals surface area contributed by atoms with Crippen molar-refractivity contribution in [1.82, 2.24) is 0 Å². The lowest BCUT2D eigenvalue weighted by Crippen LogP contribution is -2.70. The standard InChI is InChI=1S/C12H14N2O/c1-9(15)10-4-2-5-11(8-10)14-12-6-3-7-13-12/h2,4-5,8H,3,6-7H2,1H3,(H,13,14)/p+1. The monoisotopic (exact) mass is 203 g/mol. The maximum atomic E-state index is 11.2. The molecule has 0 radical (unpaired) electrons. The Bertz CT molecular complexity index is 410. The minimum Gasteiger partial charge on any atom is -0.295 e. The van der Waals surface area contributed by atoms with Crippen LogP contribution in [0.2, 0.25) is 0 Å². The highest BCUT2D eigenvalue weighted by Crippen LogP contribution is 2.11. The van der Waals surface area contributed by atoms with E-state index in [0.29, 0.717) is 0 Å². The smallest absolute Gasteiger partial charge is 0.247 e. The molecule has 0 saturated heterocycles. The van der Waals surface area contributed by atoms with Crippen molar-refractivity contribution in [1.29, 1.82) is 0 Å². The molecule has 0 aromatic heterocycles. The van der Waals surface area contributed by atoms with Gasteiger partial charge in [0.1, 0.15) is 5.69 Å². The summed E-state index contributed by atoms with van der Waals surface area (Å²) in [6.07, 6.45) is 2.24. The van der Waals surface area contributed by atoms with E-state index < -0.39 is 0 Å². The molecule has 1 aromatic rings. The van der Waals surface area contributed by atoms with E-state index in [9.17, 15) is 4.79 Å². The van der Waals surface area contributed by atoms with E-state index in [1.807, 2.05) is 24.3 Å². The van der Waals surface area contributed by atoms with Crippen molar-refractivity contribution in [2.45, 2.75) is 19.8 Å². The summed E-state index contributed by atoms with van der Waals surface area (Å²) < 4.78 is 0. The third kappa shape index (κ3) is 2.43. The first-order chi connectivity index (χ1) is 7.25. The molecule has 0 spiro atoms. The molecule has 3 heteroatoms. The van der Waals surface area contributed by atoms with Crippen molar-refractivity contribution in [2.75, 3.05) is 11.9 Å². The zero-order chi connectivity index (χ0) is 10.7. The zero-order valence-electron chi connectivity index (χ0n) is 8.84. The van der Waals surface area contributed by atoms with Crippen LogP contribution >= 0.6 is 0 Å². The number of Topliss-reactive ketones (excluding diaryl/α,β-unsaturated/α-hetero) is 1. The van der Waals surface area contributed by atoms with E-state index in [2.05, 4.69) is 10.3 Å². The molecule has 78 valence electrons. The number of amidine groups is 1. The Morgan fingerprint density at radius 3 is 3.00 bits per heavy atom. The minimum absolute atomic E-state index is 0.100. The fraction of sp³-hybridized carbons (Fsp3) is 0.333. The number of anilines is 1. The summed E-state index contributed by atoms with van der Waals surface area (Å²) in [6, 6.07) is 7.59. The van der Waals surface area contributed by atoms with Gasteiger partial charge < -0.3 is 0 Å². The van der Waals surface area contributed by atoms with Gasteiger partial charge in [-0.15, -0.1) is 0 Å². The molecule has 0 amide bonds. The number of hydrogen-bond donors (Lipinski definition) is 2. The normalized spacial score (nSPS) is 14.9. The fourth-order valence-electron chi connectivity index (χ4n) is 1.69. The quantitative estimate of drug-likeness (QED) is 0.690.